The van der Waals surface area contributed by atoms with Crippen LogP contribution in [-0.2, 0) is 4.79 Å². The van der Waals surface area contributed by atoms with Gasteiger partial charge in [0.25, 0.3) is 0 Å². The lowest BCUT2D eigenvalue weighted by molar-refractivity contribution is -0.133. The highest BCUT2D eigenvalue weighted by Gasteiger charge is 2.27. The molecule has 1 aliphatic rings. The van der Waals surface area contributed by atoms with Gasteiger partial charge in [-0.2, -0.15) is 0 Å². The predicted octanol–water partition coefficient (Wildman–Crippen LogP) is 5.44. The molecule has 152 valence electrons. The molecule has 1 amide bonds. The number of nitrogens with zero attached hydrogens (tertiary/aromatic N) is 3. The zero-order valence-electron chi connectivity index (χ0n) is 17.1. The Morgan fingerprint density at radius 1 is 1.17 bits per heavy atom. The number of likely N-dealkylation sites (tertiary alicyclic amines) is 1. The molecule has 0 saturated carbocycles. The number of hydrogen-bond acceptors (Lipinski definition) is 2. The third-order valence-corrected chi connectivity index (χ3v) is 6.09. The maximum atomic E-state index is 14.0. The average molecular weight is 394 g/mol. The second-order valence-electron chi connectivity index (χ2n) is 8.13. The van der Waals surface area contributed by atoms with Crippen LogP contribution in [0.2, 0.25) is 0 Å². The summed E-state index contributed by atoms with van der Waals surface area (Å²) in [6.45, 7) is 5.73. The van der Waals surface area contributed by atoms with Crippen molar-refractivity contribution in [3.05, 3.63) is 54.3 Å². The van der Waals surface area contributed by atoms with Crippen molar-refractivity contribution in [2.75, 3.05) is 13.1 Å². The predicted molar refractivity (Wildman–Crippen MR) is 114 cm³/mol. The zero-order chi connectivity index (χ0) is 20.4. The maximum Gasteiger partial charge on any atom is 0.222 e. The molecule has 0 N–H and O–H groups in total. The third-order valence-electron chi connectivity index (χ3n) is 6.09. The van der Waals surface area contributed by atoms with Gasteiger partial charge >= 0.3 is 0 Å². The Hall–Kier alpha value is -2.69. The van der Waals surface area contributed by atoms with E-state index in [-0.39, 0.29) is 17.8 Å². The molecule has 1 aromatic heterocycles. The maximum absolute atomic E-state index is 14.0. The minimum absolute atomic E-state index is 0.199. The number of halogens is 1. The second-order valence-corrected chi connectivity index (χ2v) is 8.13. The number of aromatic nitrogens is 2. The molecule has 5 heteroatoms. The van der Waals surface area contributed by atoms with Gasteiger partial charge in [-0.25, -0.2) is 9.37 Å². The van der Waals surface area contributed by atoms with E-state index in [1.165, 1.54) is 6.07 Å². The van der Waals surface area contributed by atoms with Crippen LogP contribution in [0.15, 0.2) is 48.5 Å². The van der Waals surface area contributed by atoms with Gasteiger partial charge in [0, 0.05) is 31.1 Å². The molecule has 2 heterocycles. The van der Waals surface area contributed by atoms with Crippen LogP contribution in [-0.4, -0.2) is 33.4 Å². The van der Waals surface area contributed by atoms with Crippen molar-refractivity contribution in [2.24, 2.45) is 5.92 Å². The number of piperidine rings is 1. The first-order chi connectivity index (χ1) is 14.1. The van der Waals surface area contributed by atoms with Gasteiger partial charge in [0.15, 0.2) is 0 Å². The van der Waals surface area contributed by atoms with Crippen LogP contribution in [0.4, 0.5) is 4.39 Å². The lowest BCUT2D eigenvalue weighted by Gasteiger charge is -2.34. The number of amides is 1. The summed E-state index contributed by atoms with van der Waals surface area (Å²) in [7, 11) is 0. The zero-order valence-corrected chi connectivity index (χ0v) is 17.1. The Bertz CT molecular complexity index is 990. The monoisotopic (exact) mass is 393 g/mol. The van der Waals surface area contributed by atoms with Crippen molar-refractivity contribution in [2.45, 2.75) is 45.6 Å². The largest absolute Gasteiger partial charge is 0.343 e. The molecule has 4 rings (SSSR count). The van der Waals surface area contributed by atoms with Crippen LogP contribution in [0.5, 0.6) is 0 Å². The van der Waals surface area contributed by atoms with Gasteiger partial charge < -0.3 is 9.47 Å². The molecule has 0 aliphatic carbocycles. The smallest absolute Gasteiger partial charge is 0.222 e. The van der Waals surface area contributed by atoms with E-state index in [1.807, 2.05) is 35.2 Å². The number of benzene rings is 2. The van der Waals surface area contributed by atoms with Crippen LogP contribution in [0, 0.1) is 11.7 Å². The first-order valence-electron chi connectivity index (χ1n) is 10.6. The van der Waals surface area contributed by atoms with Crippen molar-refractivity contribution >= 4 is 16.9 Å². The SMILES string of the molecule is CCC(C)CC(=O)N1CCC(n2c(-c3ccccc3)nc3ccc(F)cc32)CC1. The van der Waals surface area contributed by atoms with E-state index in [0.29, 0.717) is 12.3 Å². The highest BCUT2D eigenvalue weighted by atomic mass is 19.1. The van der Waals surface area contributed by atoms with Gasteiger partial charge in [0.1, 0.15) is 11.6 Å². The van der Waals surface area contributed by atoms with E-state index < -0.39 is 0 Å². The fraction of sp³-hybridized carbons (Fsp3) is 0.417. The topological polar surface area (TPSA) is 38.1 Å². The van der Waals surface area contributed by atoms with Crippen molar-refractivity contribution in [1.82, 2.24) is 14.5 Å². The Balaban J connectivity index is 1.62. The summed E-state index contributed by atoms with van der Waals surface area (Å²) in [6, 6.07) is 15.0. The van der Waals surface area contributed by atoms with Gasteiger partial charge in [0.2, 0.25) is 5.91 Å². The summed E-state index contributed by atoms with van der Waals surface area (Å²) >= 11 is 0. The summed E-state index contributed by atoms with van der Waals surface area (Å²) in [6.07, 6.45) is 3.35. The van der Waals surface area contributed by atoms with Crippen molar-refractivity contribution in [3.63, 3.8) is 0 Å². The summed E-state index contributed by atoms with van der Waals surface area (Å²) in [5, 5.41) is 0. The molecule has 1 saturated heterocycles. The van der Waals surface area contributed by atoms with E-state index in [0.717, 1.165) is 54.8 Å². The molecule has 1 unspecified atom stereocenters. The Labute approximate surface area is 171 Å². The molecule has 0 bridgehead atoms. The Morgan fingerprint density at radius 3 is 2.59 bits per heavy atom. The molecule has 0 radical (unpaired) electrons. The van der Waals surface area contributed by atoms with Gasteiger partial charge in [-0.15, -0.1) is 0 Å². The first kappa shape index (κ1) is 19.6. The number of carbonyl (C=O) groups is 1. The molecule has 0 spiro atoms. The quantitative estimate of drug-likeness (QED) is 0.579. The van der Waals surface area contributed by atoms with E-state index in [2.05, 4.69) is 18.4 Å². The number of imidazole rings is 1. The van der Waals surface area contributed by atoms with Gasteiger partial charge in [0.05, 0.1) is 11.0 Å². The standard InChI is InChI=1S/C24H28FN3O/c1-3-17(2)15-23(29)27-13-11-20(12-14-27)28-22-16-19(25)9-10-21(22)26-24(28)18-7-5-4-6-8-18/h4-10,16-17,20H,3,11-15H2,1-2H3. The van der Waals surface area contributed by atoms with Crippen LogP contribution in [0.1, 0.15) is 45.6 Å². The van der Waals surface area contributed by atoms with E-state index >= 15 is 0 Å². The van der Waals surface area contributed by atoms with Crippen molar-refractivity contribution in [1.29, 1.82) is 0 Å². The lowest BCUT2D eigenvalue weighted by Crippen LogP contribution is -2.39. The molecule has 1 aliphatic heterocycles. The molecule has 1 atom stereocenters. The molecule has 1 fully saturated rings. The minimum Gasteiger partial charge on any atom is -0.343 e. The van der Waals surface area contributed by atoms with Crippen LogP contribution >= 0.6 is 0 Å². The summed E-state index contributed by atoms with van der Waals surface area (Å²) in [4.78, 5) is 19.4. The van der Waals surface area contributed by atoms with Crippen LogP contribution < -0.4 is 0 Å². The van der Waals surface area contributed by atoms with Crippen LogP contribution in [0.25, 0.3) is 22.4 Å². The van der Waals surface area contributed by atoms with Crippen molar-refractivity contribution in [3.8, 4) is 11.4 Å². The molecule has 2 aromatic carbocycles. The number of hydrogen-bond donors (Lipinski definition) is 0. The summed E-state index contributed by atoms with van der Waals surface area (Å²) < 4.78 is 16.2. The Kier molecular flexibility index (Phi) is 5.65. The molecule has 3 aromatic rings. The summed E-state index contributed by atoms with van der Waals surface area (Å²) in [5.74, 6) is 1.29. The lowest BCUT2D eigenvalue weighted by atomic mass is 10.0. The van der Waals surface area contributed by atoms with Gasteiger partial charge in [-0.05, 0) is 37.0 Å². The Morgan fingerprint density at radius 2 is 1.90 bits per heavy atom. The number of carbonyl (C=O) groups excluding carboxylic acids is 1. The second kappa shape index (κ2) is 8.36. The fourth-order valence-corrected chi connectivity index (χ4v) is 4.17. The van der Waals surface area contributed by atoms with Crippen LogP contribution in [0.3, 0.4) is 0 Å². The number of rotatable bonds is 5. The summed E-state index contributed by atoms with van der Waals surface area (Å²) in [5.41, 5.74) is 2.66. The molecular weight excluding hydrogens is 365 g/mol. The third kappa shape index (κ3) is 4.04. The minimum atomic E-state index is -0.251. The van der Waals surface area contributed by atoms with Gasteiger partial charge in [-0.3, -0.25) is 4.79 Å². The fourth-order valence-electron chi connectivity index (χ4n) is 4.17. The van der Waals surface area contributed by atoms with Gasteiger partial charge in [-0.1, -0.05) is 50.6 Å². The van der Waals surface area contributed by atoms with E-state index in [4.69, 9.17) is 4.98 Å². The van der Waals surface area contributed by atoms with E-state index in [9.17, 15) is 9.18 Å². The molecule has 4 nitrogen and oxygen atoms in total. The van der Waals surface area contributed by atoms with Crippen molar-refractivity contribution < 1.29 is 9.18 Å². The number of fused-ring (bicyclic) bond motifs is 1. The first-order valence-corrected chi connectivity index (χ1v) is 10.6. The van der Waals surface area contributed by atoms with E-state index in [1.54, 1.807) is 12.1 Å². The molecule has 29 heavy (non-hydrogen) atoms. The normalized spacial score (nSPS) is 16.3. The average Bonchev–Trinajstić information content (AvgIpc) is 3.13. The highest BCUT2D eigenvalue weighted by Crippen LogP contribution is 2.34. The molecular formula is C24H28FN3O. The highest BCUT2D eigenvalue weighted by molar-refractivity contribution is 5.81.